The Morgan fingerprint density at radius 3 is 2.53 bits per heavy atom. The third-order valence-corrected chi connectivity index (χ3v) is 8.84. The zero-order valence-corrected chi connectivity index (χ0v) is 26.3. The van der Waals surface area contributed by atoms with Crippen LogP contribution in [0.4, 0.5) is 20.9 Å². The first-order chi connectivity index (χ1) is 20.3. The van der Waals surface area contributed by atoms with Gasteiger partial charge in [-0.15, -0.1) is 11.3 Å². The van der Waals surface area contributed by atoms with E-state index < -0.39 is 23.2 Å². The summed E-state index contributed by atoms with van der Waals surface area (Å²) in [5.74, 6) is -1.62. The number of nitrogens with zero attached hydrogens (tertiary/aromatic N) is 5. The summed E-state index contributed by atoms with van der Waals surface area (Å²) < 4.78 is 19.1. The van der Waals surface area contributed by atoms with Crippen LogP contribution in [0.25, 0.3) is 0 Å². The SMILES string of the molecule is CCOC(=O)CNC(=O)c1csc(N2CCN(C(=O)c3ccc4c(n3)C(C)(C)CN4c3ccc(Cl)c(F)c3)C(C)(C)C2)n1. The lowest BCUT2D eigenvalue weighted by Gasteiger charge is -2.47. The molecular weight excluding hydrogens is 595 g/mol. The number of carbonyl (C=O) groups is 3. The highest BCUT2D eigenvalue weighted by Crippen LogP contribution is 2.44. The minimum atomic E-state index is -0.559. The highest BCUT2D eigenvalue weighted by molar-refractivity contribution is 7.13. The van der Waals surface area contributed by atoms with Gasteiger partial charge in [-0.05, 0) is 51.1 Å². The Hall–Kier alpha value is -3.77. The van der Waals surface area contributed by atoms with E-state index in [1.54, 1.807) is 24.4 Å². The molecule has 2 aliphatic rings. The molecule has 0 saturated carbocycles. The topological polar surface area (TPSA) is 108 Å². The normalized spacial score (nSPS) is 17.0. The number of ether oxygens (including phenoxy) is 1. The van der Waals surface area contributed by atoms with Crippen LogP contribution < -0.4 is 15.1 Å². The number of pyridine rings is 1. The maximum absolute atomic E-state index is 14.2. The average Bonchev–Trinajstić information content (AvgIpc) is 3.55. The summed E-state index contributed by atoms with van der Waals surface area (Å²) >= 11 is 7.23. The van der Waals surface area contributed by atoms with Crippen molar-refractivity contribution in [1.29, 1.82) is 0 Å². The molecule has 1 fully saturated rings. The minimum absolute atomic E-state index is 0.0658. The number of hydrogen-bond donors (Lipinski definition) is 1. The second-order valence-electron chi connectivity index (χ2n) is 11.8. The fraction of sp³-hybridized carbons (Fsp3) is 0.433. The molecule has 43 heavy (non-hydrogen) atoms. The lowest BCUT2D eigenvalue weighted by molar-refractivity contribution is -0.141. The molecule has 0 radical (unpaired) electrons. The molecule has 1 aromatic carbocycles. The van der Waals surface area contributed by atoms with Gasteiger partial charge in [0.25, 0.3) is 11.8 Å². The van der Waals surface area contributed by atoms with Gasteiger partial charge in [-0.25, -0.2) is 14.4 Å². The van der Waals surface area contributed by atoms with E-state index in [1.165, 1.54) is 23.5 Å². The van der Waals surface area contributed by atoms with Gasteiger partial charge in [0.1, 0.15) is 23.7 Å². The standard InChI is InChI=1S/C30H34ClFN6O4S/c1-6-42-24(39)14-33-26(40)22-15-43-28(35-22)36-11-12-38(30(4,5)17-36)27(41)21-9-10-23-25(34-21)29(2,3)16-37(23)18-7-8-19(31)20(32)13-18/h7-10,13,15H,6,11-12,14,16-17H2,1-5H3,(H,33,40). The summed E-state index contributed by atoms with van der Waals surface area (Å²) in [5.41, 5.74) is 1.93. The highest BCUT2D eigenvalue weighted by atomic mass is 35.5. The molecule has 228 valence electrons. The van der Waals surface area contributed by atoms with Gasteiger partial charge in [0.2, 0.25) is 0 Å². The lowest BCUT2D eigenvalue weighted by atomic mass is 9.91. The first kappa shape index (κ1) is 30.7. The summed E-state index contributed by atoms with van der Waals surface area (Å²) in [6.07, 6.45) is 0. The predicted octanol–water partition coefficient (Wildman–Crippen LogP) is 4.79. The molecule has 0 bridgehead atoms. The van der Waals surface area contributed by atoms with Gasteiger partial charge in [-0.3, -0.25) is 14.4 Å². The quantitative estimate of drug-likeness (QED) is 0.372. The smallest absolute Gasteiger partial charge is 0.325 e. The summed E-state index contributed by atoms with van der Waals surface area (Å²) in [6.45, 7) is 11.9. The molecule has 10 nitrogen and oxygen atoms in total. The molecule has 0 unspecified atom stereocenters. The molecule has 0 aliphatic carbocycles. The number of halogens is 2. The number of hydrogen-bond acceptors (Lipinski definition) is 9. The molecule has 1 N–H and O–H groups in total. The van der Waals surface area contributed by atoms with Crippen LogP contribution in [0.15, 0.2) is 35.7 Å². The van der Waals surface area contributed by atoms with E-state index in [-0.39, 0.29) is 35.2 Å². The van der Waals surface area contributed by atoms with Crippen molar-refractivity contribution in [2.45, 2.75) is 45.6 Å². The van der Waals surface area contributed by atoms with Crippen LogP contribution in [0.3, 0.4) is 0 Å². The van der Waals surface area contributed by atoms with Crippen LogP contribution in [-0.4, -0.2) is 77.5 Å². The van der Waals surface area contributed by atoms with Crippen LogP contribution >= 0.6 is 22.9 Å². The fourth-order valence-corrected chi connectivity index (χ4v) is 6.48. The van der Waals surface area contributed by atoms with Gasteiger partial charge in [-0.1, -0.05) is 25.4 Å². The zero-order chi connectivity index (χ0) is 31.1. The van der Waals surface area contributed by atoms with E-state index in [9.17, 15) is 18.8 Å². The molecule has 2 aromatic heterocycles. The average molecular weight is 629 g/mol. The van der Waals surface area contributed by atoms with Crippen LogP contribution in [0.2, 0.25) is 5.02 Å². The fourth-order valence-electron chi connectivity index (χ4n) is 5.53. The Kier molecular flexibility index (Phi) is 8.36. The molecule has 4 heterocycles. The molecule has 2 aliphatic heterocycles. The molecule has 2 amide bonds. The third-order valence-electron chi connectivity index (χ3n) is 7.63. The Balaban J connectivity index is 1.29. The summed E-state index contributed by atoms with van der Waals surface area (Å²) in [7, 11) is 0. The van der Waals surface area contributed by atoms with E-state index in [0.717, 1.165) is 11.4 Å². The molecular formula is C30H34ClFN6O4S. The van der Waals surface area contributed by atoms with E-state index in [4.69, 9.17) is 21.3 Å². The molecule has 1 saturated heterocycles. The lowest BCUT2D eigenvalue weighted by Crippen LogP contribution is -2.61. The van der Waals surface area contributed by atoms with Gasteiger partial charge in [-0.2, -0.15) is 0 Å². The number of piperazine rings is 1. The van der Waals surface area contributed by atoms with Gasteiger partial charge in [0.15, 0.2) is 5.13 Å². The van der Waals surface area contributed by atoms with Crippen LogP contribution in [0, 0.1) is 5.82 Å². The van der Waals surface area contributed by atoms with Crippen molar-refractivity contribution < 1.29 is 23.5 Å². The van der Waals surface area contributed by atoms with E-state index in [0.29, 0.717) is 42.7 Å². The van der Waals surface area contributed by atoms with Crippen molar-refractivity contribution in [2.24, 2.45) is 0 Å². The molecule has 3 aromatic rings. The van der Waals surface area contributed by atoms with E-state index >= 15 is 0 Å². The van der Waals surface area contributed by atoms with Gasteiger partial charge in [0, 0.05) is 42.7 Å². The van der Waals surface area contributed by atoms with Gasteiger partial charge in [0.05, 0.1) is 28.5 Å². The maximum Gasteiger partial charge on any atom is 0.325 e. The van der Waals surface area contributed by atoms with Crippen molar-refractivity contribution in [3.8, 4) is 0 Å². The first-order valence-electron chi connectivity index (χ1n) is 14.0. The largest absolute Gasteiger partial charge is 0.465 e. The van der Waals surface area contributed by atoms with Crippen LogP contribution in [-0.2, 0) is 14.9 Å². The number of aromatic nitrogens is 2. The number of fused-ring (bicyclic) bond motifs is 1. The number of benzene rings is 1. The number of thiazole rings is 1. The summed E-state index contributed by atoms with van der Waals surface area (Å²) in [5, 5.41) is 4.90. The molecule has 5 rings (SSSR count). The number of amides is 2. The van der Waals surface area contributed by atoms with Crippen LogP contribution in [0.5, 0.6) is 0 Å². The van der Waals surface area contributed by atoms with Gasteiger partial charge < -0.3 is 24.8 Å². The van der Waals surface area contributed by atoms with E-state index in [1.807, 2.05) is 29.7 Å². The van der Waals surface area contributed by atoms with Gasteiger partial charge >= 0.3 is 5.97 Å². The molecule has 0 spiro atoms. The summed E-state index contributed by atoms with van der Waals surface area (Å²) in [4.78, 5) is 53.0. The Bertz CT molecular complexity index is 1580. The zero-order valence-electron chi connectivity index (χ0n) is 24.7. The van der Waals surface area contributed by atoms with Crippen LogP contribution in [0.1, 0.15) is 61.3 Å². The maximum atomic E-state index is 14.2. The molecule has 0 atom stereocenters. The number of carbonyl (C=O) groups excluding carboxylic acids is 3. The second-order valence-corrected chi connectivity index (χ2v) is 13.1. The Morgan fingerprint density at radius 1 is 1.07 bits per heavy atom. The Morgan fingerprint density at radius 2 is 1.84 bits per heavy atom. The van der Waals surface area contributed by atoms with Crippen molar-refractivity contribution in [3.63, 3.8) is 0 Å². The Labute approximate surface area is 258 Å². The van der Waals surface area contributed by atoms with Crippen molar-refractivity contribution >= 4 is 57.2 Å². The number of esters is 1. The third kappa shape index (κ3) is 6.16. The number of nitrogens with one attached hydrogen (secondary N) is 1. The number of rotatable bonds is 7. The number of anilines is 3. The monoisotopic (exact) mass is 628 g/mol. The van der Waals surface area contributed by atoms with Crippen molar-refractivity contribution in [2.75, 3.05) is 49.1 Å². The minimum Gasteiger partial charge on any atom is -0.465 e. The highest BCUT2D eigenvalue weighted by Gasteiger charge is 2.41. The van der Waals surface area contributed by atoms with Crippen molar-refractivity contribution in [1.82, 2.24) is 20.2 Å². The van der Waals surface area contributed by atoms with Crippen molar-refractivity contribution in [3.05, 3.63) is 63.6 Å². The molecule has 13 heteroatoms. The summed E-state index contributed by atoms with van der Waals surface area (Å²) in [6, 6.07) is 8.34. The predicted molar refractivity (Wildman–Crippen MR) is 164 cm³/mol. The van der Waals surface area contributed by atoms with E-state index in [2.05, 4.69) is 29.0 Å². The first-order valence-corrected chi connectivity index (χ1v) is 15.3. The second kappa shape index (κ2) is 11.7.